The smallest absolute Gasteiger partial charge is 0.233 e. The van der Waals surface area contributed by atoms with Crippen molar-refractivity contribution in [1.82, 2.24) is 24.6 Å². The molecule has 1 amide bonds. The lowest BCUT2D eigenvalue weighted by Crippen LogP contribution is -2.28. The number of aryl methyl sites for hydroxylation is 1. The lowest BCUT2D eigenvalue weighted by atomic mass is 10.1. The highest BCUT2D eigenvalue weighted by Crippen LogP contribution is 2.26. The molecule has 0 saturated heterocycles. The van der Waals surface area contributed by atoms with Crippen LogP contribution in [-0.4, -0.2) is 57.4 Å². The number of benzene rings is 2. The van der Waals surface area contributed by atoms with Crippen LogP contribution in [0.15, 0.2) is 59.8 Å². The summed E-state index contributed by atoms with van der Waals surface area (Å²) in [4.78, 5) is 16.7. The fraction of sp³-hybridized carbons (Fsp3) is 0.400. The first kappa shape index (κ1) is 24.0. The average Bonchev–Trinajstić information content (AvgIpc) is 3.16. The number of aromatic nitrogens is 3. The maximum atomic E-state index is 12.8. The maximum absolute atomic E-state index is 12.8. The SMILES string of the molecule is CCC(c1nnc(SCC(=O)N(C)Cc2ccc(C)cc2)n1Cc1ccccc1)N(C)C. The third kappa shape index (κ3) is 6.20. The first-order chi connectivity index (χ1) is 15.4. The summed E-state index contributed by atoms with van der Waals surface area (Å²) in [6.45, 7) is 5.50. The van der Waals surface area contributed by atoms with Gasteiger partial charge in [0.1, 0.15) is 0 Å². The standard InChI is InChI=1S/C25H33N5OS/c1-6-22(28(3)4)24-26-27-25(30(24)17-20-10-8-7-9-11-20)32-18-23(31)29(5)16-21-14-12-19(2)13-15-21/h7-15,22H,6,16-18H2,1-5H3. The minimum Gasteiger partial charge on any atom is -0.341 e. The van der Waals surface area contributed by atoms with E-state index >= 15 is 0 Å². The van der Waals surface area contributed by atoms with E-state index in [1.165, 1.54) is 22.9 Å². The molecule has 1 unspecified atom stereocenters. The molecule has 0 saturated carbocycles. The minimum absolute atomic E-state index is 0.0750. The van der Waals surface area contributed by atoms with Gasteiger partial charge in [-0.15, -0.1) is 10.2 Å². The van der Waals surface area contributed by atoms with Gasteiger partial charge in [-0.25, -0.2) is 0 Å². The van der Waals surface area contributed by atoms with Crippen molar-refractivity contribution in [3.8, 4) is 0 Å². The summed E-state index contributed by atoms with van der Waals surface area (Å²) in [6.07, 6.45) is 0.933. The molecule has 1 heterocycles. The molecule has 7 heteroatoms. The Hall–Kier alpha value is -2.64. The Morgan fingerprint density at radius 3 is 2.31 bits per heavy atom. The molecule has 3 rings (SSSR count). The van der Waals surface area contributed by atoms with E-state index in [0.29, 0.717) is 18.8 Å². The molecule has 0 aliphatic carbocycles. The minimum atomic E-state index is 0.0750. The van der Waals surface area contributed by atoms with Crippen molar-refractivity contribution in [3.05, 3.63) is 77.1 Å². The van der Waals surface area contributed by atoms with Gasteiger partial charge in [-0.1, -0.05) is 78.8 Å². The molecule has 0 N–H and O–H groups in total. The average molecular weight is 452 g/mol. The zero-order valence-electron chi connectivity index (χ0n) is 19.7. The first-order valence-corrected chi connectivity index (χ1v) is 11.9. The molecule has 0 spiro atoms. The van der Waals surface area contributed by atoms with E-state index < -0.39 is 0 Å². The van der Waals surface area contributed by atoms with E-state index in [-0.39, 0.29) is 11.9 Å². The first-order valence-electron chi connectivity index (χ1n) is 10.9. The summed E-state index contributed by atoms with van der Waals surface area (Å²) < 4.78 is 2.15. The fourth-order valence-corrected chi connectivity index (χ4v) is 4.52. The van der Waals surface area contributed by atoms with Crippen LogP contribution in [0.3, 0.4) is 0 Å². The molecule has 32 heavy (non-hydrogen) atoms. The highest BCUT2D eigenvalue weighted by molar-refractivity contribution is 7.99. The van der Waals surface area contributed by atoms with E-state index in [1.54, 1.807) is 4.90 Å². The fourth-order valence-electron chi connectivity index (χ4n) is 3.64. The molecule has 2 aromatic carbocycles. The van der Waals surface area contributed by atoms with Crippen molar-refractivity contribution in [2.24, 2.45) is 0 Å². The van der Waals surface area contributed by atoms with Gasteiger partial charge in [0.15, 0.2) is 11.0 Å². The van der Waals surface area contributed by atoms with Gasteiger partial charge in [0.2, 0.25) is 5.91 Å². The molecular formula is C25H33N5OS. The number of carbonyl (C=O) groups excluding carboxylic acids is 1. The molecule has 170 valence electrons. The van der Waals surface area contributed by atoms with E-state index in [9.17, 15) is 4.79 Å². The van der Waals surface area contributed by atoms with Crippen LogP contribution in [0, 0.1) is 6.92 Å². The van der Waals surface area contributed by atoms with Gasteiger partial charge < -0.3 is 9.47 Å². The molecule has 0 aliphatic rings. The molecule has 0 fully saturated rings. The van der Waals surface area contributed by atoms with Gasteiger partial charge >= 0.3 is 0 Å². The Balaban J connectivity index is 1.74. The highest BCUT2D eigenvalue weighted by Gasteiger charge is 2.23. The summed E-state index contributed by atoms with van der Waals surface area (Å²) in [5, 5.41) is 9.78. The Kier molecular flexibility index (Phi) is 8.47. The van der Waals surface area contributed by atoms with Crippen LogP contribution in [0.2, 0.25) is 0 Å². The number of nitrogens with zero attached hydrogens (tertiary/aromatic N) is 5. The van der Waals surface area contributed by atoms with Gasteiger partial charge in [-0.2, -0.15) is 0 Å². The normalized spacial score (nSPS) is 12.2. The van der Waals surface area contributed by atoms with Crippen LogP contribution in [-0.2, 0) is 17.9 Å². The van der Waals surface area contributed by atoms with Crippen molar-refractivity contribution >= 4 is 17.7 Å². The number of hydrogen-bond donors (Lipinski definition) is 0. The molecule has 0 bridgehead atoms. The van der Waals surface area contributed by atoms with Crippen LogP contribution >= 0.6 is 11.8 Å². The highest BCUT2D eigenvalue weighted by atomic mass is 32.2. The lowest BCUT2D eigenvalue weighted by molar-refractivity contribution is -0.127. The summed E-state index contributed by atoms with van der Waals surface area (Å²) in [5.41, 5.74) is 3.53. The Morgan fingerprint density at radius 2 is 1.69 bits per heavy atom. The summed E-state index contributed by atoms with van der Waals surface area (Å²) in [6, 6.07) is 18.8. The van der Waals surface area contributed by atoms with Gasteiger partial charge in [0.25, 0.3) is 0 Å². The Labute approximate surface area is 195 Å². The van der Waals surface area contributed by atoms with Crippen LogP contribution in [0.25, 0.3) is 0 Å². The summed E-state index contributed by atoms with van der Waals surface area (Å²) >= 11 is 1.46. The Bertz CT molecular complexity index is 1000. The second kappa shape index (κ2) is 11.3. The van der Waals surface area contributed by atoms with Gasteiger partial charge in [-0.05, 0) is 38.6 Å². The topological polar surface area (TPSA) is 54.3 Å². The van der Waals surface area contributed by atoms with E-state index in [1.807, 2.05) is 25.2 Å². The lowest BCUT2D eigenvalue weighted by Gasteiger charge is -2.23. The molecule has 1 aromatic heterocycles. The molecule has 0 radical (unpaired) electrons. The number of rotatable bonds is 10. The van der Waals surface area contributed by atoms with Crippen molar-refractivity contribution in [2.75, 3.05) is 26.9 Å². The third-order valence-electron chi connectivity index (χ3n) is 5.53. The monoisotopic (exact) mass is 451 g/mol. The summed E-state index contributed by atoms with van der Waals surface area (Å²) in [5.74, 6) is 1.34. The number of amides is 1. The van der Waals surface area contributed by atoms with E-state index in [2.05, 4.69) is 84.0 Å². The van der Waals surface area contributed by atoms with Gasteiger partial charge in [0.05, 0.1) is 18.3 Å². The van der Waals surface area contributed by atoms with Crippen molar-refractivity contribution in [1.29, 1.82) is 0 Å². The van der Waals surface area contributed by atoms with Crippen molar-refractivity contribution in [3.63, 3.8) is 0 Å². The zero-order chi connectivity index (χ0) is 23.1. The Morgan fingerprint density at radius 1 is 1.00 bits per heavy atom. The quantitative estimate of drug-likeness (QED) is 0.428. The van der Waals surface area contributed by atoms with Crippen LogP contribution in [0.4, 0.5) is 0 Å². The van der Waals surface area contributed by atoms with E-state index in [4.69, 9.17) is 0 Å². The maximum Gasteiger partial charge on any atom is 0.233 e. The second-order valence-electron chi connectivity index (χ2n) is 8.32. The molecule has 3 aromatic rings. The predicted octanol–water partition coefficient (Wildman–Crippen LogP) is 4.40. The third-order valence-corrected chi connectivity index (χ3v) is 6.48. The van der Waals surface area contributed by atoms with Crippen LogP contribution in [0.5, 0.6) is 0 Å². The van der Waals surface area contributed by atoms with Crippen molar-refractivity contribution < 1.29 is 4.79 Å². The molecule has 1 atom stereocenters. The second-order valence-corrected chi connectivity index (χ2v) is 9.27. The number of thioether (sulfide) groups is 1. The largest absolute Gasteiger partial charge is 0.341 e. The molecular weight excluding hydrogens is 418 g/mol. The number of carbonyl (C=O) groups is 1. The van der Waals surface area contributed by atoms with E-state index in [0.717, 1.165) is 23.0 Å². The van der Waals surface area contributed by atoms with Gasteiger partial charge in [0, 0.05) is 13.6 Å². The zero-order valence-corrected chi connectivity index (χ0v) is 20.5. The molecule has 6 nitrogen and oxygen atoms in total. The van der Waals surface area contributed by atoms with Crippen molar-refractivity contribution in [2.45, 2.75) is 44.6 Å². The number of hydrogen-bond acceptors (Lipinski definition) is 5. The van der Waals surface area contributed by atoms with Crippen LogP contribution in [0.1, 0.15) is 41.9 Å². The molecule has 0 aliphatic heterocycles. The van der Waals surface area contributed by atoms with Crippen LogP contribution < -0.4 is 0 Å². The van der Waals surface area contributed by atoms with Gasteiger partial charge in [-0.3, -0.25) is 9.69 Å². The summed E-state index contributed by atoms with van der Waals surface area (Å²) in [7, 11) is 5.97. The predicted molar refractivity (Wildman–Crippen MR) is 131 cm³/mol.